The van der Waals surface area contributed by atoms with Crippen LogP contribution in [0.2, 0.25) is 0 Å². The molecule has 2 aromatic rings. The number of ether oxygens (including phenoxy) is 1. The van der Waals surface area contributed by atoms with Gasteiger partial charge in [-0.15, -0.1) is 12.4 Å². The zero-order valence-corrected chi connectivity index (χ0v) is 14.4. The first kappa shape index (κ1) is 16.8. The Morgan fingerprint density at radius 3 is 2.68 bits per heavy atom. The van der Waals surface area contributed by atoms with Crippen LogP contribution in [0.3, 0.4) is 0 Å². The van der Waals surface area contributed by atoms with Crippen molar-refractivity contribution in [3.05, 3.63) is 18.2 Å². The number of hydrogen-bond donors (Lipinski definition) is 0. The van der Waals surface area contributed by atoms with Gasteiger partial charge in [0.25, 0.3) is 0 Å². The molecule has 1 amide bonds. The molecule has 1 aliphatic rings. The number of thiazole rings is 1. The summed E-state index contributed by atoms with van der Waals surface area (Å²) < 4.78 is 6.67. The van der Waals surface area contributed by atoms with Crippen molar-refractivity contribution in [3.8, 4) is 5.75 Å². The predicted molar refractivity (Wildman–Crippen MR) is 92.5 cm³/mol. The highest BCUT2D eigenvalue weighted by Crippen LogP contribution is 2.31. The zero-order valence-electron chi connectivity index (χ0n) is 12.7. The first-order valence-corrected chi connectivity index (χ1v) is 8.03. The van der Waals surface area contributed by atoms with Crippen LogP contribution >= 0.6 is 23.7 Å². The highest BCUT2D eigenvalue weighted by Gasteiger charge is 2.21. The monoisotopic (exact) mass is 341 g/mol. The molecule has 2 heterocycles. The number of nitrogens with zero attached hydrogens (tertiary/aromatic N) is 3. The number of benzene rings is 1. The van der Waals surface area contributed by atoms with Gasteiger partial charge in [0, 0.05) is 33.1 Å². The second-order valence-electron chi connectivity index (χ2n) is 5.05. The Kier molecular flexibility index (Phi) is 5.47. The summed E-state index contributed by atoms with van der Waals surface area (Å²) in [6, 6.07) is 6.01. The van der Waals surface area contributed by atoms with E-state index in [1.807, 2.05) is 30.0 Å². The minimum Gasteiger partial charge on any atom is -0.494 e. The van der Waals surface area contributed by atoms with Crippen molar-refractivity contribution in [2.24, 2.45) is 0 Å². The number of aromatic nitrogens is 1. The lowest BCUT2D eigenvalue weighted by Crippen LogP contribution is -2.48. The number of anilines is 1. The maximum Gasteiger partial charge on any atom is 0.219 e. The number of hydrogen-bond acceptors (Lipinski definition) is 5. The van der Waals surface area contributed by atoms with E-state index in [1.54, 1.807) is 18.3 Å². The maximum absolute atomic E-state index is 11.4. The summed E-state index contributed by atoms with van der Waals surface area (Å²) in [6.45, 7) is 7.52. The van der Waals surface area contributed by atoms with Crippen LogP contribution in [0, 0.1) is 0 Å². The average molecular weight is 342 g/mol. The average Bonchev–Trinajstić information content (AvgIpc) is 2.91. The van der Waals surface area contributed by atoms with Gasteiger partial charge in [0.05, 0.1) is 16.8 Å². The molecule has 3 rings (SSSR count). The molecule has 7 heteroatoms. The van der Waals surface area contributed by atoms with Crippen molar-refractivity contribution in [2.75, 3.05) is 37.7 Å². The van der Waals surface area contributed by atoms with E-state index in [2.05, 4.69) is 4.90 Å². The van der Waals surface area contributed by atoms with E-state index in [-0.39, 0.29) is 18.3 Å². The fourth-order valence-corrected chi connectivity index (χ4v) is 3.54. The lowest BCUT2D eigenvalue weighted by Gasteiger charge is -2.33. The highest BCUT2D eigenvalue weighted by molar-refractivity contribution is 7.22. The van der Waals surface area contributed by atoms with Gasteiger partial charge in [-0.1, -0.05) is 11.3 Å². The molecule has 0 spiro atoms. The van der Waals surface area contributed by atoms with Crippen LogP contribution in [-0.4, -0.2) is 48.6 Å². The van der Waals surface area contributed by atoms with Gasteiger partial charge in [-0.3, -0.25) is 4.79 Å². The number of fused-ring (bicyclic) bond motifs is 1. The molecular formula is C15H20ClN3O2S. The molecule has 0 radical (unpaired) electrons. The molecule has 22 heavy (non-hydrogen) atoms. The molecule has 0 bridgehead atoms. The van der Waals surface area contributed by atoms with Gasteiger partial charge >= 0.3 is 0 Å². The van der Waals surface area contributed by atoms with Crippen molar-refractivity contribution >= 4 is 45.0 Å². The smallest absolute Gasteiger partial charge is 0.219 e. The molecule has 0 saturated carbocycles. The summed E-state index contributed by atoms with van der Waals surface area (Å²) >= 11 is 1.68. The van der Waals surface area contributed by atoms with E-state index in [1.165, 1.54) is 0 Å². The molecule has 1 aromatic carbocycles. The topological polar surface area (TPSA) is 45.7 Å². The molecule has 5 nitrogen and oxygen atoms in total. The Bertz CT molecular complexity index is 653. The summed E-state index contributed by atoms with van der Waals surface area (Å²) in [6.07, 6.45) is 0. The van der Waals surface area contributed by atoms with Gasteiger partial charge in [0.2, 0.25) is 5.91 Å². The van der Waals surface area contributed by atoms with Crippen molar-refractivity contribution in [2.45, 2.75) is 13.8 Å². The number of carbonyl (C=O) groups excluding carboxylic acids is 1. The van der Waals surface area contributed by atoms with E-state index in [0.717, 1.165) is 47.3 Å². The molecule has 0 aliphatic carbocycles. The van der Waals surface area contributed by atoms with Crippen molar-refractivity contribution < 1.29 is 9.53 Å². The first-order chi connectivity index (χ1) is 10.2. The second kappa shape index (κ2) is 7.15. The first-order valence-electron chi connectivity index (χ1n) is 7.21. The number of halogens is 1. The Labute approximate surface area is 140 Å². The molecule has 0 atom stereocenters. The second-order valence-corrected chi connectivity index (χ2v) is 6.06. The molecule has 1 fully saturated rings. The Hall–Kier alpha value is -1.53. The van der Waals surface area contributed by atoms with Crippen LogP contribution in [0.4, 0.5) is 5.13 Å². The third kappa shape index (κ3) is 3.44. The third-order valence-electron chi connectivity index (χ3n) is 3.66. The van der Waals surface area contributed by atoms with Crippen LogP contribution < -0.4 is 9.64 Å². The molecule has 1 aromatic heterocycles. The number of piperazine rings is 1. The number of amides is 1. The van der Waals surface area contributed by atoms with E-state index in [0.29, 0.717) is 6.61 Å². The van der Waals surface area contributed by atoms with Crippen molar-refractivity contribution in [3.63, 3.8) is 0 Å². The summed E-state index contributed by atoms with van der Waals surface area (Å²) in [5, 5.41) is 1.03. The number of rotatable bonds is 3. The Balaban J connectivity index is 0.00000176. The van der Waals surface area contributed by atoms with Crippen LogP contribution in [0.5, 0.6) is 5.75 Å². The summed E-state index contributed by atoms with van der Waals surface area (Å²) in [7, 11) is 0. The Morgan fingerprint density at radius 1 is 1.32 bits per heavy atom. The molecule has 0 unspecified atom stereocenters. The fraction of sp³-hybridized carbons (Fsp3) is 0.467. The van der Waals surface area contributed by atoms with Gasteiger partial charge in [-0.2, -0.15) is 0 Å². The minimum absolute atomic E-state index is 0. The predicted octanol–water partition coefficient (Wildman–Crippen LogP) is 2.79. The normalized spacial score (nSPS) is 14.8. The van der Waals surface area contributed by atoms with E-state index in [9.17, 15) is 4.79 Å². The molecule has 120 valence electrons. The molecule has 1 aliphatic heterocycles. The van der Waals surface area contributed by atoms with Crippen molar-refractivity contribution in [1.29, 1.82) is 0 Å². The number of carbonyl (C=O) groups is 1. The third-order valence-corrected chi connectivity index (χ3v) is 4.73. The van der Waals surface area contributed by atoms with Gasteiger partial charge < -0.3 is 14.5 Å². The van der Waals surface area contributed by atoms with Gasteiger partial charge in [-0.05, 0) is 25.1 Å². The highest BCUT2D eigenvalue weighted by atomic mass is 35.5. The van der Waals surface area contributed by atoms with Gasteiger partial charge in [-0.25, -0.2) is 4.98 Å². The fourth-order valence-electron chi connectivity index (χ4n) is 2.50. The van der Waals surface area contributed by atoms with Crippen LogP contribution in [0.15, 0.2) is 18.2 Å². The van der Waals surface area contributed by atoms with E-state index >= 15 is 0 Å². The summed E-state index contributed by atoms with van der Waals surface area (Å²) in [5.74, 6) is 1.04. The van der Waals surface area contributed by atoms with Gasteiger partial charge in [0.15, 0.2) is 5.13 Å². The standard InChI is InChI=1S/C15H19N3O2S.ClH/c1-3-20-12-4-5-13-14(10-12)21-15(16-13)18-8-6-17(7-9-18)11(2)19;/h4-5,10H,3,6-9H2,1-2H3;1H. The Morgan fingerprint density at radius 2 is 2.05 bits per heavy atom. The lowest BCUT2D eigenvalue weighted by atomic mass is 10.3. The van der Waals surface area contributed by atoms with Crippen molar-refractivity contribution in [1.82, 2.24) is 9.88 Å². The van der Waals surface area contributed by atoms with Crippen LogP contribution in [0.1, 0.15) is 13.8 Å². The zero-order chi connectivity index (χ0) is 14.8. The molecule has 1 saturated heterocycles. The molecular weight excluding hydrogens is 322 g/mol. The van der Waals surface area contributed by atoms with E-state index in [4.69, 9.17) is 9.72 Å². The summed E-state index contributed by atoms with van der Waals surface area (Å²) in [5.41, 5.74) is 1.01. The quantitative estimate of drug-likeness (QED) is 0.861. The van der Waals surface area contributed by atoms with Gasteiger partial charge in [0.1, 0.15) is 5.75 Å². The minimum atomic E-state index is 0. The maximum atomic E-state index is 11.4. The largest absolute Gasteiger partial charge is 0.494 e. The van der Waals surface area contributed by atoms with Crippen LogP contribution in [-0.2, 0) is 4.79 Å². The SMILES string of the molecule is CCOc1ccc2nc(N3CCN(C(C)=O)CC3)sc2c1.Cl. The summed E-state index contributed by atoms with van der Waals surface area (Å²) in [4.78, 5) is 20.2. The van der Waals surface area contributed by atoms with E-state index < -0.39 is 0 Å². The van der Waals surface area contributed by atoms with Crippen LogP contribution in [0.25, 0.3) is 10.2 Å². The molecule has 0 N–H and O–H groups in total. The lowest BCUT2D eigenvalue weighted by molar-refractivity contribution is -0.129.